The molecule has 0 amide bonds. The second kappa shape index (κ2) is 5.50. The molecule has 2 aromatic rings. The first-order valence-electron chi connectivity index (χ1n) is 9.42. The molecule has 2 nitrogen and oxygen atoms in total. The molecule has 2 heterocycles. The Morgan fingerprint density at radius 1 is 1.08 bits per heavy atom. The van der Waals surface area contributed by atoms with Gasteiger partial charge in [0.2, 0.25) is 0 Å². The molecule has 0 spiro atoms. The Morgan fingerprint density at radius 2 is 1.80 bits per heavy atom. The maximum absolute atomic E-state index is 12.1. The Hall–Kier alpha value is -1.000. The summed E-state index contributed by atoms with van der Waals surface area (Å²) in [6.07, 6.45) is 4.17. The lowest BCUT2D eigenvalue weighted by Gasteiger charge is -2.40. The van der Waals surface area contributed by atoms with Gasteiger partial charge in [0.25, 0.3) is 0 Å². The van der Waals surface area contributed by atoms with Gasteiger partial charge in [-0.25, -0.2) is 0 Å². The van der Waals surface area contributed by atoms with Gasteiger partial charge in [-0.3, -0.25) is 4.79 Å². The largest absolute Gasteiger partial charge is 0.307 e. The third-order valence-corrected chi connectivity index (χ3v) is 9.22. The number of thioether (sulfide) groups is 1. The molecule has 2 saturated carbocycles. The predicted octanol–water partition coefficient (Wildman–Crippen LogP) is 5.39. The highest BCUT2D eigenvalue weighted by molar-refractivity contribution is 8.00. The number of rotatable bonds is 1. The molecule has 0 unspecified atom stereocenters. The smallest absolute Gasteiger partial charge is 0.305 e. The van der Waals surface area contributed by atoms with E-state index in [1.807, 2.05) is 11.8 Å². The Morgan fingerprint density at radius 3 is 2.52 bits per heavy atom. The molecule has 0 radical (unpaired) electrons. The van der Waals surface area contributed by atoms with Gasteiger partial charge in [0.1, 0.15) is 0 Å². The summed E-state index contributed by atoms with van der Waals surface area (Å²) in [5, 5.41) is 1.86. The number of aromatic amines is 1. The molecule has 5 rings (SSSR count). The van der Waals surface area contributed by atoms with Crippen molar-refractivity contribution in [1.82, 2.24) is 4.98 Å². The van der Waals surface area contributed by atoms with Crippen LogP contribution in [0.3, 0.4) is 0 Å². The Kier molecular flexibility index (Phi) is 3.56. The van der Waals surface area contributed by atoms with E-state index < -0.39 is 0 Å². The number of thiazole rings is 1. The van der Waals surface area contributed by atoms with Crippen molar-refractivity contribution in [3.8, 4) is 0 Å². The highest BCUT2D eigenvalue weighted by Crippen LogP contribution is 2.63. The predicted molar refractivity (Wildman–Crippen MR) is 106 cm³/mol. The van der Waals surface area contributed by atoms with Crippen LogP contribution in [0.2, 0.25) is 0 Å². The summed E-state index contributed by atoms with van der Waals surface area (Å²) < 4.78 is 0. The average molecular weight is 372 g/mol. The molecule has 4 heteroatoms. The molecule has 2 aliphatic carbocycles. The molecular weight excluding hydrogens is 346 g/mol. The fourth-order valence-corrected chi connectivity index (χ4v) is 8.31. The molecule has 1 aromatic carbocycles. The second-order valence-electron chi connectivity index (χ2n) is 9.05. The molecule has 0 saturated heterocycles. The first-order valence-corrected chi connectivity index (χ1v) is 11.1. The number of H-pyrrole nitrogens is 1. The summed E-state index contributed by atoms with van der Waals surface area (Å²) in [6, 6.07) is 9.26. The zero-order valence-electron chi connectivity index (χ0n) is 15.0. The number of aromatic nitrogens is 1. The summed E-state index contributed by atoms with van der Waals surface area (Å²) in [4.78, 5) is 16.6. The minimum Gasteiger partial charge on any atom is -0.307 e. The lowest BCUT2D eigenvalue weighted by Crippen LogP contribution is -2.33. The van der Waals surface area contributed by atoms with Crippen LogP contribution in [-0.4, -0.2) is 10.2 Å². The van der Waals surface area contributed by atoms with Crippen LogP contribution < -0.4 is 4.87 Å². The number of benzene rings is 1. The lowest BCUT2D eigenvalue weighted by atomic mass is 9.74. The van der Waals surface area contributed by atoms with Crippen molar-refractivity contribution in [2.75, 3.05) is 0 Å². The summed E-state index contributed by atoms with van der Waals surface area (Å²) in [5.41, 5.74) is 2.97. The maximum atomic E-state index is 12.1. The number of hydrogen-bond acceptors (Lipinski definition) is 3. The Bertz CT molecular complexity index is 857. The van der Waals surface area contributed by atoms with Crippen LogP contribution in [0.5, 0.6) is 0 Å². The normalized spacial score (nSPS) is 33.3. The molecule has 1 aliphatic heterocycles. The molecule has 3 aliphatic rings. The maximum Gasteiger partial charge on any atom is 0.305 e. The fourth-order valence-electron chi connectivity index (χ4n) is 5.41. The van der Waals surface area contributed by atoms with E-state index in [4.69, 9.17) is 0 Å². The zero-order chi connectivity index (χ0) is 17.3. The van der Waals surface area contributed by atoms with Crippen LogP contribution in [0.1, 0.15) is 62.0 Å². The zero-order valence-corrected chi connectivity index (χ0v) is 16.7. The molecule has 132 valence electrons. The standard InChI is InChI=1S/C21H25NOS2/c1-21(2,3)14-8-6-11(7-9-14)15-16-12-4-5-13(10-12)17(16)24-19-18(15)25-20(23)22-19/h6-9,12-13,15-17H,4-5,10H2,1-3H3,(H,22,23)/t12-,13-,15-,16+,17+/m0/s1. The van der Waals surface area contributed by atoms with E-state index in [1.165, 1.54) is 46.6 Å². The van der Waals surface area contributed by atoms with Crippen molar-refractivity contribution < 1.29 is 0 Å². The molecule has 25 heavy (non-hydrogen) atoms. The van der Waals surface area contributed by atoms with Gasteiger partial charge in [0, 0.05) is 16.0 Å². The van der Waals surface area contributed by atoms with E-state index in [9.17, 15) is 4.79 Å². The lowest BCUT2D eigenvalue weighted by molar-refractivity contribution is 0.307. The van der Waals surface area contributed by atoms with Gasteiger partial charge in [0.15, 0.2) is 0 Å². The molecule has 2 fully saturated rings. The molecule has 5 atom stereocenters. The minimum absolute atomic E-state index is 0.112. The van der Waals surface area contributed by atoms with Gasteiger partial charge in [-0.05, 0) is 53.6 Å². The van der Waals surface area contributed by atoms with Crippen LogP contribution in [0.25, 0.3) is 0 Å². The highest BCUT2D eigenvalue weighted by atomic mass is 32.2. The van der Waals surface area contributed by atoms with Crippen molar-refractivity contribution in [3.05, 3.63) is 49.9 Å². The van der Waals surface area contributed by atoms with E-state index in [0.29, 0.717) is 17.1 Å². The average Bonchev–Trinajstić information content (AvgIpc) is 3.25. The van der Waals surface area contributed by atoms with Crippen LogP contribution in [0.4, 0.5) is 0 Å². The van der Waals surface area contributed by atoms with E-state index in [2.05, 4.69) is 50.0 Å². The quantitative estimate of drug-likeness (QED) is 0.729. The monoisotopic (exact) mass is 371 g/mol. The molecular formula is C21H25NOS2. The molecule has 2 bridgehead atoms. The van der Waals surface area contributed by atoms with Crippen molar-refractivity contribution in [2.24, 2.45) is 17.8 Å². The summed E-state index contributed by atoms with van der Waals surface area (Å²) in [5.74, 6) is 2.82. The fraction of sp³-hybridized carbons (Fsp3) is 0.571. The van der Waals surface area contributed by atoms with Crippen molar-refractivity contribution >= 4 is 23.1 Å². The van der Waals surface area contributed by atoms with Gasteiger partial charge in [0.05, 0.1) is 5.03 Å². The molecule has 1 aromatic heterocycles. The highest BCUT2D eigenvalue weighted by Gasteiger charge is 2.54. The third-order valence-electron chi connectivity index (χ3n) is 6.60. The third kappa shape index (κ3) is 2.48. The van der Waals surface area contributed by atoms with Gasteiger partial charge in [-0.15, -0.1) is 11.8 Å². The number of fused-ring (bicyclic) bond motifs is 6. The minimum atomic E-state index is 0.112. The van der Waals surface area contributed by atoms with E-state index in [-0.39, 0.29) is 10.3 Å². The second-order valence-corrected chi connectivity index (χ2v) is 11.3. The van der Waals surface area contributed by atoms with E-state index in [0.717, 1.165) is 16.9 Å². The van der Waals surface area contributed by atoms with Gasteiger partial charge < -0.3 is 4.98 Å². The van der Waals surface area contributed by atoms with Crippen LogP contribution in [0.15, 0.2) is 34.1 Å². The topological polar surface area (TPSA) is 32.9 Å². The van der Waals surface area contributed by atoms with Crippen LogP contribution in [0, 0.1) is 17.8 Å². The summed E-state index contributed by atoms with van der Waals surface area (Å²) in [6.45, 7) is 6.80. The van der Waals surface area contributed by atoms with Crippen molar-refractivity contribution in [3.63, 3.8) is 0 Å². The van der Waals surface area contributed by atoms with Gasteiger partial charge in [-0.2, -0.15) is 0 Å². The van der Waals surface area contributed by atoms with Crippen LogP contribution in [-0.2, 0) is 5.41 Å². The summed E-state index contributed by atoms with van der Waals surface area (Å²) >= 11 is 3.42. The van der Waals surface area contributed by atoms with Gasteiger partial charge >= 0.3 is 4.87 Å². The van der Waals surface area contributed by atoms with E-state index >= 15 is 0 Å². The Balaban J connectivity index is 1.61. The van der Waals surface area contributed by atoms with E-state index in [1.54, 1.807) is 0 Å². The molecule has 1 N–H and O–H groups in total. The van der Waals surface area contributed by atoms with Crippen LogP contribution >= 0.6 is 23.1 Å². The number of hydrogen-bond donors (Lipinski definition) is 1. The van der Waals surface area contributed by atoms with Gasteiger partial charge in [-0.1, -0.05) is 56.4 Å². The first kappa shape index (κ1) is 16.2. The SMILES string of the molecule is CC(C)(C)c1ccc([C@@H]2c3sc(=O)[nH]c3S[C@@H]3[C@H]4CC[C@@H](C4)[C@H]23)cc1. The van der Waals surface area contributed by atoms with Crippen molar-refractivity contribution in [1.29, 1.82) is 0 Å². The Labute approximate surface area is 157 Å². The number of nitrogens with one attached hydrogen (secondary N) is 1. The summed E-state index contributed by atoms with van der Waals surface area (Å²) in [7, 11) is 0. The van der Waals surface area contributed by atoms with Crippen molar-refractivity contribution in [2.45, 2.75) is 61.6 Å². The first-order chi connectivity index (χ1) is 11.9.